The molecule has 0 aliphatic carbocycles. The highest BCUT2D eigenvalue weighted by atomic mass is 19.4. The van der Waals surface area contributed by atoms with Crippen molar-refractivity contribution in [3.63, 3.8) is 0 Å². The van der Waals surface area contributed by atoms with Crippen LogP contribution in [0.4, 0.5) is 13.2 Å². The van der Waals surface area contributed by atoms with Gasteiger partial charge in [0.25, 0.3) is 5.91 Å². The molecule has 30 heavy (non-hydrogen) atoms. The number of hydrogen-bond acceptors (Lipinski definition) is 4. The monoisotopic (exact) mass is 420 g/mol. The average molecular weight is 420 g/mol. The molecule has 1 aliphatic heterocycles. The van der Waals surface area contributed by atoms with Gasteiger partial charge in [-0.3, -0.25) is 9.89 Å². The second-order valence-electron chi connectivity index (χ2n) is 8.67. The maximum atomic E-state index is 13.8. The first kappa shape index (κ1) is 20.4. The molecule has 3 aromatic rings. The minimum atomic E-state index is -4.57. The van der Waals surface area contributed by atoms with Crippen molar-refractivity contribution in [2.45, 2.75) is 51.1 Å². The van der Waals surface area contributed by atoms with Gasteiger partial charge in [-0.15, -0.1) is 0 Å². The fraction of sp³-hybridized carbons (Fsp3) is 0.500. The van der Waals surface area contributed by atoms with Crippen molar-refractivity contribution in [2.75, 3.05) is 13.1 Å². The molecule has 0 bridgehead atoms. The zero-order valence-electron chi connectivity index (χ0n) is 17.0. The molecule has 0 aromatic carbocycles. The number of nitrogens with zero attached hydrogens (tertiary/aromatic N) is 5. The molecule has 10 heteroatoms. The number of carbonyl (C=O) groups is 1. The second-order valence-corrected chi connectivity index (χ2v) is 8.67. The number of H-pyrrole nitrogens is 1. The molecule has 0 radical (unpaired) electrons. The van der Waals surface area contributed by atoms with Gasteiger partial charge in [-0.05, 0) is 25.0 Å². The van der Waals surface area contributed by atoms with Gasteiger partial charge in [-0.2, -0.15) is 23.4 Å². The summed E-state index contributed by atoms with van der Waals surface area (Å²) in [7, 11) is 0. The molecule has 160 valence electrons. The van der Waals surface area contributed by atoms with Gasteiger partial charge < -0.3 is 4.90 Å². The molecule has 1 atom stereocenters. The summed E-state index contributed by atoms with van der Waals surface area (Å²) in [5.74, 6) is -0.501. The summed E-state index contributed by atoms with van der Waals surface area (Å²) in [6.45, 7) is 6.53. The Morgan fingerprint density at radius 1 is 1.23 bits per heavy atom. The smallest absolute Gasteiger partial charge is 0.337 e. The Morgan fingerprint density at radius 2 is 2.00 bits per heavy atom. The largest absolute Gasteiger partial charge is 0.433 e. The lowest BCUT2D eigenvalue weighted by atomic mass is 9.92. The van der Waals surface area contributed by atoms with Crippen molar-refractivity contribution < 1.29 is 18.0 Å². The number of alkyl halides is 3. The molecule has 1 N–H and O–H groups in total. The van der Waals surface area contributed by atoms with Crippen molar-refractivity contribution in [3.05, 3.63) is 47.2 Å². The Kier molecular flexibility index (Phi) is 4.82. The number of aromatic nitrogens is 5. The van der Waals surface area contributed by atoms with E-state index in [1.807, 2.05) is 20.8 Å². The SMILES string of the molecule is CC(C)(C)c1cc2nc(C3CCCN(C(=O)c4ccn[nH]4)C3)cc(C(F)(F)F)n2n1. The average Bonchev–Trinajstić information content (AvgIpc) is 3.35. The maximum absolute atomic E-state index is 13.8. The maximum Gasteiger partial charge on any atom is 0.433 e. The van der Waals surface area contributed by atoms with E-state index in [0.29, 0.717) is 43.0 Å². The predicted molar refractivity (Wildman–Crippen MR) is 103 cm³/mol. The molecule has 7 nitrogen and oxygen atoms in total. The van der Waals surface area contributed by atoms with Crippen molar-refractivity contribution in [3.8, 4) is 0 Å². The minimum absolute atomic E-state index is 0.168. The van der Waals surface area contributed by atoms with Gasteiger partial charge in [-0.25, -0.2) is 9.50 Å². The Balaban J connectivity index is 1.72. The molecule has 0 saturated carbocycles. The second kappa shape index (κ2) is 7.10. The van der Waals surface area contributed by atoms with Gasteiger partial charge in [0.1, 0.15) is 11.4 Å². The van der Waals surface area contributed by atoms with E-state index in [-0.39, 0.29) is 17.5 Å². The van der Waals surface area contributed by atoms with Crippen molar-refractivity contribution in [1.29, 1.82) is 0 Å². The van der Waals surface area contributed by atoms with Crippen LogP contribution in [-0.4, -0.2) is 48.7 Å². The number of fused-ring (bicyclic) bond motifs is 1. The van der Waals surface area contributed by atoms with Crippen LogP contribution in [0.5, 0.6) is 0 Å². The summed E-state index contributed by atoms with van der Waals surface area (Å²) in [5, 5.41) is 10.6. The van der Waals surface area contributed by atoms with Crippen LogP contribution in [0.3, 0.4) is 0 Å². The van der Waals surface area contributed by atoms with E-state index in [1.165, 1.54) is 6.20 Å². The molecule has 4 heterocycles. The summed E-state index contributed by atoms with van der Waals surface area (Å²) in [6, 6.07) is 4.26. The summed E-state index contributed by atoms with van der Waals surface area (Å²) < 4.78 is 42.3. The number of hydrogen-bond donors (Lipinski definition) is 1. The van der Waals surface area contributed by atoms with Gasteiger partial charge in [0.2, 0.25) is 0 Å². The standard InChI is InChI=1S/C20H23F3N6O/c1-19(2,3)15-10-17-25-14(9-16(20(21,22)23)29(17)27-15)12-5-4-8-28(11-12)18(30)13-6-7-24-26-13/h6-7,9-10,12H,4-5,8,11H2,1-3H3,(H,24,26). The quantitative estimate of drug-likeness (QED) is 0.684. The first-order valence-electron chi connectivity index (χ1n) is 9.81. The molecule has 1 aliphatic rings. The molecule has 0 spiro atoms. The Bertz CT molecular complexity index is 1060. The van der Waals surface area contributed by atoms with Gasteiger partial charge >= 0.3 is 6.18 Å². The van der Waals surface area contributed by atoms with Crippen molar-refractivity contribution in [2.24, 2.45) is 0 Å². The Morgan fingerprint density at radius 3 is 2.63 bits per heavy atom. The summed E-state index contributed by atoms with van der Waals surface area (Å²) in [5.41, 5.74) is 0.140. The lowest BCUT2D eigenvalue weighted by Crippen LogP contribution is -2.39. The molecule has 1 saturated heterocycles. The topological polar surface area (TPSA) is 79.2 Å². The van der Waals surface area contributed by atoms with Crippen LogP contribution in [0.25, 0.3) is 5.65 Å². The number of rotatable bonds is 2. The van der Waals surface area contributed by atoms with Gasteiger partial charge in [0, 0.05) is 42.4 Å². The Labute approximate surface area is 171 Å². The van der Waals surface area contributed by atoms with E-state index < -0.39 is 17.3 Å². The molecule has 1 unspecified atom stereocenters. The van der Waals surface area contributed by atoms with Crippen molar-refractivity contribution >= 4 is 11.6 Å². The van der Waals surface area contributed by atoms with Crippen LogP contribution in [0.2, 0.25) is 0 Å². The Hall–Kier alpha value is -2.91. The minimum Gasteiger partial charge on any atom is -0.337 e. The zero-order valence-corrected chi connectivity index (χ0v) is 17.0. The summed E-state index contributed by atoms with van der Waals surface area (Å²) in [4.78, 5) is 18.8. The molecule has 1 amide bonds. The van der Waals surface area contributed by atoms with E-state index in [1.54, 1.807) is 17.0 Å². The van der Waals surface area contributed by atoms with Gasteiger partial charge in [-0.1, -0.05) is 20.8 Å². The third kappa shape index (κ3) is 3.78. The number of carbonyl (C=O) groups excluding carboxylic acids is 1. The molecule has 3 aromatic heterocycles. The molecular weight excluding hydrogens is 397 g/mol. The molecule has 1 fully saturated rings. The number of amides is 1. The van der Waals surface area contributed by atoms with Gasteiger partial charge in [0.15, 0.2) is 5.65 Å². The summed E-state index contributed by atoms with van der Waals surface area (Å²) >= 11 is 0. The number of nitrogens with one attached hydrogen (secondary N) is 1. The predicted octanol–water partition coefficient (Wildman–Crippen LogP) is 3.79. The first-order valence-corrected chi connectivity index (χ1v) is 9.81. The van der Waals surface area contributed by atoms with E-state index in [9.17, 15) is 18.0 Å². The fourth-order valence-corrected chi connectivity index (χ4v) is 3.72. The van der Waals surface area contributed by atoms with E-state index in [4.69, 9.17) is 0 Å². The highest BCUT2D eigenvalue weighted by Crippen LogP contribution is 2.34. The van der Waals surface area contributed by atoms with Crippen LogP contribution in [-0.2, 0) is 11.6 Å². The lowest BCUT2D eigenvalue weighted by molar-refractivity contribution is -0.142. The van der Waals surface area contributed by atoms with E-state index >= 15 is 0 Å². The number of piperidine rings is 1. The molecule has 4 rings (SSSR count). The van der Waals surface area contributed by atoms with Crippen molar-refractivity contribution in [1.82, 2.24) is 29.7 Å². The number of aromatic amines is 1. The third-order valence-corrected chi connectivity index (χ3v) is 5.36. The number of likely N-dealkylation sites (tertiary alicyclic amines) is 1. The normalized spacial score (nSPS) is 18.2. The lowest BCUT2D eigenvalue weighted by Gasteiger charge is -2.32. The summed E-state index contributed by atoms with van der Waals surface area (Å²) in [6.07, 6.45) is -1.73. The zero-order chi connectivity index (χ0) is 21.7. The van der Waals surface area contributed by atoms with E-state index in [2.05, 4.69) is 20.3 Å². The number of halogens is 3. The van der Waals surface area contributed by atoms with Gasteiger partial charge in [0.05, 0.1) is 5.69 Å². The van der Waals surface area contributed by atoms with E-state index in [0.717, 1.165) is 10.6 Å². The highest BCUT2D eigenvalue weighted by molar-refractivity contribution is 5.92. The van der Waals surface area contributed by atoms with Crippen LogP contribution in [0, 0.1) is 0 Å². The van der Waals surface area contributed by atoms with Crippen LogP contribution in [0.15, 0.2) is 24.4 Å². The van der Waals surface area contributed by atoms with Crippen LogP contribution in [0.1, 0.15) is 67.1 Å². The molecular formula is C20H23F3N6O. The first-order chi connectivity index (χ1) is 14.0. The third-order valence-electron chi connectivity index (χ3n) is 5.36. The highest BCUT2D eigenvalue weighted by Gasteiger charge is 2.37. The van der Waals surface area contributed by atoms with Crippen LogP contribution >= 0.6 is 0 Å². The van der Waals surface area contributed by atoms with Crippen LogP contribution < -0.4 is 0 Å². The fourth-order valence-electron chi connectivity index (χ4n) is 3.72.